The van der Waals surface area contributed by atoms with Gasteiger partial charge in [0.25, 0.3) is 0 Å². The van der Waals surface area contributed by atoms with Gasteiger partial charge in [-0.15, -0.1) is 5.10 Å². The zero-order valence-corrected chi connectivity index (χ0v) is 20.7. The number of methoxy groups -OCH3 is 1. The molecule has 9 nitrogen and oxygen atoms in total. The fourth-order valence-electron chi connectivity index (χ4n) is 3.68. The third-order valence-corrected chi connectivity index (χ3v) is 6.33. The van der Waals surface area contributed by atoms with Crippen molar-refractivity contribution < 1.29 is 14.3 Å². The lowest BCUT2D eigenvalue weighted by Crippen LogP contribution is -2.38. The van der Waals surface area contributed by atoms with E-state index < -0.39 is 0 Å². The molecule has 3 aromatic rings. The highest BCUT2D eigenvalue weighted by Gasteiger charge is 2.24. The number of anilines is 2. The molecule has 1 amide bonds. The van der Waals surface area contributed by atoms with Crippen LogP contribution >= 0.6 is 11.3 Å². The van der Waals surface area contributed by atoms with Crippen molar-refractivity contribution in [1.29, 1.82) is 0 Å². The van der Waals surface area contributed by atoms with Gasteiger partial charge in [0.1, 0.15) is 11.4 Å². The SMILES string of the molecule is COc1ccc(-c2nc3sc(N(C)CC(=O)NCC4CCCO4)nn3c2NC(C)(C)C)cc1. The van der Waals surface area contributed by atoms with E-state index in [1.165, 1.54) is 11.3 Å². The molecule has 178 valence electrons. The minimum Gasteiger partial charge on any atom is -0.497 e. The van der Waals surface area contributed by atoms with E-state index in [2.05, 4.69) is 31.4 Å². The molecule has 0 aliphatic carbocycles. The number of ether oxygens (including phenoxy) is 2. The number of likely N-dealkylation sites (N-methyl/N-ethyl adjacent to an activating group) is 1. The van der Waals surface area contributed by atoms with Gasteiger partial charge in [-0.05, 0) is 57.9 Å². The van der Waals surface area contributed by atoms with Crippen molar-refractivity contribution >= 4 is 33.2 Å². The van der Waals surface area contributed by atoms with E-state index in [-0.39, 0.29) is 24.1 Å². The zero-order valence-electron chi connectivity index (χ0n) is 19.8. The van der Waals surface area contributed by atoms with E-state index in [0.717, 1.165) is 52.4 Å². The molecule has 2 N–H and O–H groups in total. The summed E-state index contributed by atoms with van der Waals surface area (Å²) in [5.74, 6) is 1.57. The standard InChI is InChI=1S/C23H32N6O3S/c1-23(2,3)26-20-19(15-8-10-16(31-5)11-9-15)25-21-29(20)27-22(33-21)28(4)14-18(30)24-13-17-7-6-12-32-17/h8-11,17,26H,6-7,12-14H2,1-5H3,(H,24,30). The molecule has 1 unspecified atom stereocenters. The van der Waals surface area contributed by atoms with Crippen molar-refractivity contribution in [3.8, 4) is 17.0 Å². The average Bonchev–Trinajstić information content (AvgIpc) is 3.49. The molecule has 0 radical (unpaired) electrons. The van der Waals surface area contributed by atoms with Gasteiger partial charge < -0.3 is 25.0 Å². The molecule has 1 aromatic carbocycles. The molecule has 0 spiro atoms. The van der Waals surface area contributed by atoms with Gasteiger partial charge in [0.05, 0.1) is 19.8 Å². The van der Waals surface area contributed by atoms with Crippen molar-refractivity contribution in [3.63, 3.8) is 0 Å². The first-order valence-corrected chi connectivity index (χ1v) is 12.0. The number of hydrogen-bond donors (Lipinski definition) is 2. The summed E-state index contributed by atoms with van der Waals surface area (Å²) in [6.45, 7) is 7.85. The van der Waals surface area contributed by atoms with Crippen LogP contribution in [0.1, 0.15) is 33.6 Å². The minimum atomic E-state index is -0.185. The lowest BCUT2D eigenvalue weighted by Gasteiger charge is -2.22. The number of carbonyl (C=O) groups is 1. The van der Waals surface area contributed by atoms with Crippen LogP contribution in [0.25, 0.3) is 16.2 Å². The second-order valence-corrected chi connectivity index (χ2v) is 10.2. The number of aromatic nitrogens is 3. The van der Waals surface area contributed by atoms with Crippen LogP contribution in [0.3, 0.4) is 0 Å². The summed E-state index contributed by atoms with van der Waals surface area (Å²) in [6, 6.07) is 7.83. The second kappa shape index (κ2) is 9.56. The Bertz CT molecular complexity index is 1100. The van der Waals surface area contributed by atoms with Crippen LogP contribution in [0.15, 0.2) is 24.3 Å². The highest BCUT2D eigenvalue weighted by atomic mass is 32.1. The van der Waals surface area contributed by atoms with Crippen molar-refractivity contribution in [2.45, 2.75) is 45.3 Å². The van der Waals surface area contributed by atoms with Crippen LogP contribution in [-0.4, -0.2) is 66.0 Å². The number of fused-ring (bicyclic) bond motifs is 1. The number of amides is 1. The van der Waals surface area contributed by atoms with E-state index >= 15 is 0 Å². The van der Waals surface area contributed by atoms with Crippen molar-refractivity contribution in [2.24, 2.45) is 0 Å². The number of benzene rings is 1. The Morgan fingerprint density at radius 2 is 2.09 bits per heavy atom. The summed E-state index contributed by atoms with van der Waals surface area (Å²) in [4.78, 5) is 19.9. The summed E-state index contributed by atoms with van der Waals surface area (Å²) < 4.78 is 12.7. The van der Waals surface area contributed by atoms with E-state index in [9.17, 15) is 4.79 Å². The third-order valence-electron chi connectivity index (χ3n) is 5.31. The van der Waals surface area contributed by atoms with E-state index in [1.807, 2.05) is 40.7 Å². The molecule has 1 aliphatic heterocycles. The molecule has 1 fully saturated rings. The van der Waals surface area contributed by atoms with Crippen molar-refractivity contribution in [1.82, 2.24) is 19.9 Å². The largest absolute Gasteiger partial charge is 0.497 e. The maximum atomic E-state index is 12.4. The number of nitrogens with one attached hydrogen (secondary N) is 2. The van der Waals surface area contributed by atoms with Crippen LogP contribution in [-0.2, 0) is 9.53 Å². The van der Waals surface area contributed by atoms with Gasteiger partial charge in [0, 0.05) is 31.3 Å². The first-order valence-electron chi connectivity index (χ1n) is 11.1. The predicted molar refractivity (Wildman–Crippen MR) is 131 cm³/mol. The Morgan fingerprint density at radius 3 is 2.73 bits per heavy atom. The van der Waals surface area contributed by atoms with E-state index in [4.69, 9.17) is 19.6 Å². The van der Waals surface area contributed by atoms with Crippen LogP contribution in [0.5, 0.6) is 5.75 Å². The maximum absolute atomic E-state index is 12.4. The summed E-state index contributed by atoms with van der Waals surface area (Å²) in [5, 5.41) is 12.0. The first-order chi connectivity index (χ1) is 15.7. The molecule has 3 heterocycles. The normalized spacial score (nSPS) is 16.2. The maximum Gasteiger partial charge on any atom is 0.239 e. The molecular formula is C23H32N6O3S. The summed E-state index contributed by atoms with van der Waals surface area (Å²) >= 11 is 1.45. The molecular weight excluding hydrogens is 440 g/mol. The summed E-state index contributed by atoms with van der Waals surface area (Å²) in [7, 11) is 3.52. The van der Waals surface area contributed by atoms with Crippen LogP contribution in [0, 0.1) is 0 Å². The highest BCUT2D eigenvalue weighted by molar-refractivity contribution is 7.20. The quantitative estimate of drug-likeness (QED) is 0.519. The van der Waals surface area contributed by atoms with Gasteiger partial charge in [-0.3, -0.25) is 4.79 Å². The fraction of sp³-hybridized carbons (Fsp3) is 0.522. The highest BCUT2D eigenvalue weighted by Crippen LogP contribution is 2.35. The molecule has 4 rings (SSSR count). The average molecular weight is 473 g/mol. The van der Waals surface area contributed by atoms with Gasteiger partial charge in [0.2, 0.25) is 16.0 Å². The molecule has 1 aliphatic rings. The Labute approximate surface area is 198 Å². The summed E-state index contributed by atoms with van der Waals surface area (Å²) in [5.41, 5.74) is 1.62. The number of hydrogen-bond acceptors (Lipinski definition) is 8. The molecule has 10 heteroatoms. The topological polar surface area (TPSA) is 93.0 Å². The zero-order chi connectivity index (χ0) is 23.6. The predicted octanol–water partition coefficient (Wildman–Crippen LogP) is 3.41. The Balaban J connectivity index is 1.55. The van der Waals surface area contributed by atoms with Gasteiger partial charge in [0.15, 0.2) is 5.82 Å². The molecule has 1 atom stereocenters. The molecule has 33 heavy (non-hydrogen) atoms. The van der Waals surface area contributed by atoms with Crippen molar-refractivity contribution in [3.05, 3.63) is 24.3 Å². The van der Waals surface area contributed by atoms with Crippen molar-refractivity contribution in [2.75, 3.05) is 44.1 Å². The van der Waals surface area contributed by atoms with E-state index in [0.29, 0.717) is 6.54 Å². The lowest BCUT2D eigenvalue weighted by atomic mass is 10.1. The Morgan fingerprint density at radius 1 is 1.33 bits per heavy atom. The lowest BCUT2D eigenvalue weighted by molar-refractivity contribution is -0.120. The number of rotatable bonds is 8. The molecule has 0 bridgehead atoms. The van der Waals surface area contributed by atoms with Crippen LogP contribution in [0.4, 0.5) is 10.9 Å². The van der Waals surface area contributed by atoms with Crippen LogP contribution < -0.4 is 20.3 Å². The minimum absolute atomic E-state index is 0.0483. The first kappa shape index (κ1) is 23.3. The Hall–Kier alpha value is -2.85. The Kier molecular flexibility index (Phi) is 6.76. The van der Waals surface area contributed by atoms with Gasteiger partial charge in [-0.2, -0.15) is 4.52 Å². The van der Waals surface area contributed by atoms with Gasteiger partial charge in [-0.25, -0.2) is 4.98 Å². The van der Waals surface area contributed by atoms with Gasteiger partial charge in [-0.1, -0.05) is 11.3 Å². The third kappa shape index (κ3) is 5.56. The number of nitrogens with zero attached hydrogens (tertiary/aromatic N) is 4. The fourth-order valence-corrected chi connectivity index (χ4v) is 4.54. The molecule has 2 aromatic heterocycles. The summed E-state index contributed by atoms with van der Waals surface area (Å²) in [6.07, 6.45) is 2.19. The number of imidazole rings is 1. The molecule has 1 saturated heterocycles. The monoisotopic (exact) mass is 472 g/mol. The van der Waals surface area contributed by atoms with Gasteiger partial charge >= 0.3 is 0 Å². The second-order valence-electron chi connectivity index (χ2n) is 9.29. The number of carbonyl (C=O) groups excluding carboxylic acids is 1. The van der Waals surface area contributed by atoms with Crippen LogP contribution in [0.2, 0.25) is 0 Å². The molecule has 0 saturated carbocycles. The van der Waals surface area contributed by atoms with E-state index in [1.54, 1.807) is 7.11 Å². The smallest absolute Gasteiger partial charge is 0.239 e.